The molecule has 0 aliphatic carbocycles. The van der Waals surface area contributed by atoms with Crippen LogP contribution in [-0.2, 0) is 9.53 Å². The minimum atomic E-state index is -4.91. The van der Waals surface area contributed by atoms with E-state index in [1.165, 1.54) is 6.92 Å². The zero-order chi connectivity index (χ0) is 17.4. The van der Waals surface area contributed by atoms with Gasteiger partial charge in [0, 0.05) is 12.5 Å². The van der Waals surface area contributed by atoms with Gasteiger partial charge in [-0.25, -0.2) is 18.5 Å². The maximum absolute atomic E-state index is 13.2. The van der Waals surface area contributed by atoms with Gasteiger partial charge in [-0.3, -0.25) is 4.79 Å². The highest BCUT2D eigenvalue weighted by Crippen LogP contribution is 2.38. The van der Waals surface area contributed by atoms with Crippen LogP contribution in [-0.4, -0.2) is 35.7 Å². The standard InChI is InChI=1S/C14H12F5NO3/c1-7-6-23-13(22)20(7)12(21)5-11(14(17,18)19)8-2-9(15)4-10(16)3-8/h2-4,7,11H,5-6H2,1H3. The van der Waals surface area contributed by atoms with E-state index in [1.54, 1.807) is 0 Å². The van der Waals surface area contributed by atoms with Crippen molar-refractivity contribution in [2.24, 2.45) is 0 Å². The minimum absolute atomic E-state index is 0.115. The van der Waals surface area contributed by atoms with Crippen molar-refractivity contribution in [2.45, 2.75) is 31.5 Å². The third kappa shape index (κ3) is 3.77. The second-order valence-electron chi connectivity index (χ2n) is 5.19. The first kappa shape index (κ1) is 17.2. The Kier molecular flexibility index (Phi) is 4.58. The van der Waals surface area contributed by atoms with Crippen LogP contribution in [0.15, 0.2) is 18.2 Å². The van der Waals surface area contributed by atoms with Crippen molar-refractivity contribution in [3.05, 3.63) is 35.4 Å². The molecule has 0 bridgehead atoms. The van der Waals surface area contributed by atoms with E-state index in [2.05, 4.69) is 4.74 Å². The fourth-order valence-corrected chi connectivity index (χ4v) is 2.34. The monoisotopic (exact) mass is 337 g/mol. The summed E-state index contributed by atoms with van der Waals surface area (Å²) in [6.45, 7) is 1.32. The van der Waals surface area contributed by atoms with Crippen molar-refractivity contribution in [3.8, 4) is 0 Å². The van der Waals surface area contributed by atoms with Crippen LogP contribution < -0.4 is 0 Å². The molecule has 0 radical (unpaired) electrons. The number of alkyl halides is 3. The molecule has 1 aromatic rings. The Balaban J connectivity index is 2.30. The lowest BCUT2D eigenvalue weighted by molar-refractivity contribution is -0.160. The van der Waals surface area contributed by atoms with Gasteiger partial charge in [0.05, 0.1) is 12.0 Å². The van der Waals surface area contributed by atoms with E-state index in [0.717, 1.165) is 0 Å². The summed E-state index contributed by atoms with van der Waals surface area (Å²) in [5, 5.41) is 0. The maximum atomic E-state index is 13.2. The van der Waals surface area contributed by atoms with Gasteiger partial charge in [-0.15, -0.1) is 0 Å². The number of nitrogens with zero attached hydrogens (tertiary/aromatic N) is 1. The number of benzene rings is 1. The zero-order valence-electron chi connectivity index (χ0n) is 11.9. The fraction of sp³-hybridized carbons (Fsp3) is 0.429. The Morgan fingerprint density at radius 3 is 2.30 bits per heavy atom. The molecule has 9 heteroatoms. The Hall–Kier alpha value is -2.19. The Labute approximate surface area is 127 Å². The molecule has 0 aromatic heterocycles. The summed E-state index contributed by atoms with van der Waals surface area (Å²) in [6, 6.07) is 0.757. The predicted octanol–water partition coefficient (Wildman–Crippen LogP) is 3.37. The van der Waals surface area contributed by atoms with Crippen LogP contribution in [0.5, 0.6) is 0 Å². The molecule has 4 nitrogen and oxygen atoms in total. The normalized spacial score (nSPS) is 19.7. The van der Waals surface area contributed by atoms with Crippen LogP contribution in [0.3, 0.4) is 0 Å². The molecule has 1 saturated heterocycles. The molecule has 2 rings (SSSR count). The van der Waals surface area contributed by atoms with Crippen molar-refractivity contribution in [1.82, 2.24) is 4.90 Å². The summed E-state index contributed by atoms with van der Waals surface area (Å²) >= 11 is 0. The second-order valence-corrected chi connectivity index (χ2v) is 5.19. The van der Waals surface area contributed by atoms with Crippen molar-refractivity contribution >= 4 is 12.0 Å². The molecule has 2 unspecified atom stereocenters. The van der Waals surface area contributed by atoms with Crippen molar-refractivity contribution in [2.75, 3.05) is 6.61 Å². The first-order chi connectivity index (χ1) is 10.6. The molecule has 126 valence electrons. The topological polar surface area (TPSA) is 46.6 Å². The lowest BCUT2D eigenvalue weighted by atomic mass is 9.94. The summed E-state index contributed by atoms with van der Waals surface area (Å²) < 4.78 is 70.4. The highest BCUT2D eigenvalue weighted by molar-refractivity contribution is 5.93. The number of carbonyl (C=O) groups is 2. The summed E-state index contributed by atoms with van der Waals surface area (Å²) in [4.78, 5) is 24.0. The van der Waals surface area contributed by atoms with Gasteiger partial charge in [0.2, 0.25) is 5.91 Å². The molecule has 0 spiro atoms. The predicted molar refractivity (Wildman–Crippen MR) is 67.4 cm³/mol. The molecular weight excluding hydrogens is 325 g/mol. The molecule has 1 aromatic carbocycles. The van der Waals surface area contributed by atoms with Gasteiger partial charge in [-0.05, 0) is 24.6 Å². The number of rotatable bonds is 3. The number of halogens is 5. The molecule has 1 aliphatic rings. The highest BCUT2D eigenvalue weighted by atomic mass is 19.4. The van der Waals surface area contributed by atoms with E-state index >= 15 is 0 Å². The lowest BCUT2D eigenvalue weighted by Gasteiger charge is -2.23. The molecular formula is C14H12F5NO3. The number of carbonyl (C=O) groups excluding carboxylic acids is 2. The SMILES string of the molecule is CC1COC(=O)N1C(=O)CC(c1cc(F)cc(F)c1)C(F)(F)F. The third-order valence-electron chi connectivity index (χ3n) is 3.42. The average Bonchev–Trinajstić information content (AvgIpc) is 2.72. The van der Waals surface area contributed by atoms with Gasteiger partial charge >= 0.3 is 12.3 Å². The molecule has 1 fully saturated rings. The molecule has 0 saturated carbocycles. The van der Waals surface area contributed by atoms with Gasteiger partial charge in [0.1, 0.15) is 18.2 Å². The van der Waals surface area contributed by atoms with Crippen LogP contribution in [0.2, 0.25) is 0 Å². The lowest BCUT2D eigenvalue weighted by Crippen LogP contribution is -2.39. The van der Waals surface area contributed by atoms with Crippen LogP contribution in [0, 0.1) is 11.6 Å². The van der Waals surface area contributed by atoms with Gasteiger partial charge in [-0.1, -0.05) is 0 Å². The number of hydrogen-bond acceptors (Lipinski definition) is 3. The van der Waals surface area contributed by atoms with Crippen LogP contribution in [0.4, 0.5) is 26.7 Å². The maximum Gasteiger partial charge on any atom is 0.416 e. The summed E-state index contributed by atoms with van der Waals surface area (Å²) in [5.41, 5.74) is -0.719. The van der Waals surface area contributed by atoms with E-state index in [1.807, 2.05) is 0 Å². The first-order valence-electron chi connectivity index (χ1n) is 6.61. The molecule has 1 aliphatic heterocycles. The van der Waals surface area contributed by atoms with Crippen LogP contribution >= 0.6 is 0 Å². The number of imide groups is 1. The first-order valence-corrected chi connectivity index (χ1v) is 6.61. The second kappa shape index (κ2) is 6.13. The molecule has 2 atom stereocenters. The highest BCUT2D eigenvalue weighted by Gasteiger charge is 2.45. The quantitative estimate of drug-likeness (QED) is 0.795. The van der Waals surface area contributed by atoms with Crippen LogP contribution in [0.1, 0.15) is 24.8 Å². The summed E-state index contributed by atoms with van der Waals surface area (Å²) in [5.74, 6) is -5.92. The average molecular weight is 337 g/mol. The van der Waals surface area contributed by atoms with E-state index in [4.69, 9.17) is 0 Å². The summed E-state index contributed by atoms with van der Waals surface area (Å²) in [7, 11) is 0. The van der Waals surface area contributed by atoms with E-state index in [9.17, 15) is 31.5 Å². The largest absolute Gasteiger partial charge is 0.447 e. The fourth-order valence-electron chi connectivity index (χ4n) is 2.34. The van der Waals surface area contributed by atoms with Crippen molar-refractivity contribution in [3.63, 3.8) is 0 Å². The molecule has 23 heavy (non-hydrogen) atoms. The van der Waals surface area contributed by atoms with Crippen molar-refractivity contribution < 1.29 is 36.3 Å². The van der Waals surface area contributed by atoms with Gasteiger partial charge in [-0.2, -0.15) is 13.2 Å². The molecule has 0 N–H and O–H groups in total. The van der Waals surface area contributed by atoms with Gasteiger partial charge < -0.3 is 4.74 Å². The smallest absolute Gasteiger partial charge is 0.416 e. The van der Waals surface area contributed by atoms with E-state index < -0.39 is 53.8 Å². The molecule has 2 amide bonds. The Morgan fingerprint density at radius 1 is 1.30 bits per heavy atom. The van der Waals surface area contributed by atoms with Crippen molar-refractivity contribution in [1.29, 1.82) is 0 Å². The van der Waals surface area contributed by atoms with Gasteiger partial charge in [0.25, 0.3) is 0 Å². The van der Waals surface area contributed by atoms with Crippen LogP contribution in [0.25, 0.3) is 0 Å². The van der Waals surface area contributed by atoms with E-state index in [-0.39, 0.29) is 6.61 Å². The Morgan fingerprint density at radius 2 is 1.87 bits per heavy atom. The number of ether oxygens (including phenoxy) is 1. The van der Waals surface area contributed by atoms with Gasteiger partial charge in [0.15, 0.2) is 0 Å². The molecule has 1 heterocycles. The minimum Gasteiger partial charge on any atom is -0.447 e. The number of amides is 2. The summed E-state index contributed by atoms with van der Waals surface area (Å²) in [6.07, 6.45) is -7.09. The third-order valence-corrected chi connectivity index (χ3v) is 3.42. The zero-order valence-corrected chi connectivity index (χ0v) is 11.9. The Bertz CT molecular complexity index is 611. The number of hydrogen-bond donors (Lipinski definition) is 0. The van der Waals surface area contributed by atoms with E-state index in [0.29, 0.717) is 23.1 Å². The number of cyclic esters (lactones) is 1.